The normalized spacial score (nSPS) is 14.8. The molecular formula is C33H32N4O2. The SMILES string of the molecule is OC(COc1ccc(-c2cc(-c3ccccc3)c3ccccc3n2)cc1)CN1CCN(c2ccccn2)CC1. The molecule has 1 aliphatic heterocycles. The summed E-state index contributed by atoms with van der Waals surface area (Å²) in [5.74, 6) is 1.75. The summed E-state index contributed by atoms with van der Waals surface area (Å²) in [5.41, 5.74) is 5.25. The molecule has 5 aromatic rings. The van der Waals surface area contributed by atoms with Crippen molar-refractivity contribution in [1.82, 2.24) is 14.9 Å². The fraction of sp³-hybridized carbons (Fsp3) is 0.212. The molecule has 0 spiro atoms. The van der Waals surface area contributed by atoms with E-state index in [0.29, 0.717) is 6.54 Å². The van der Waals surface area contributed by atoms with Crippen LogP contribution in [-0.4, -0.2) is 65.4 Å². The molecule has 1 fully saturated rings. The standard InChI is InChI=1S/C33H32N4O2/c38-27(23-36-18-20-37(21-19-36)33-12-6-7-17-34-33)24-39-28-15-13-26(14-16-28)32-22-30(25-8-2-1-3-9-25)29-10-4-5-11-31(29)35-32/h1-17,22,27,38H,18-21,23-24H2. The minimum absolute atomic E-state index is 0.256. The Labute approximate surface area is 229 Å². The molecule has 0 amide bonds. The van der Waals surface area contributed by atoms with Crippen LogP contribution in [0.25, 0.3) is 33.3 Å². The third kappa shape index (κ3) is 5.93. The molecule has 6 rings (SSSR count). The van der Waals surface area contributed by atoms with Crippen LogP contribution in [0.2, 0.25) is 0 Å². The van der Waals surface area contributed by atoms with E-state index in [9.17, 15) is 5.11 Å². The number of aromatic nitrogens is 2. The molecule has 0 radical (unpaired) electrons. The zero-order chi connectivity index (χ0) is 26.4. The number of anilines is 1. The minimum atomic E-state index is -0.554. The average molecular weight is 517 g/mol. The summed E-state index contributed by atoms with van der Waals surface area (Å²) in [6, 6.07) is 34.8. The van der Waals surface area contributed by atoms with Crippen molar-refractivity contribution in [1.29, 1.82) is 0 Å². The first kappa shape index (κ1) is 25.0. The van der Waals surface area contributed by atoms with Crippen molar-refractivity contribution < 1.29 is 9.84 Å². The van der Waals surface area contributed by atoms with E-state index in [-0.39, 0.29) is 6.61 Å². The Morgan fingerprint density at radius 1 is 0.769 bits per heavy atom. The number of ether oxygens (including phenoxy) is 1. The monoisotopic (exact) mass is 516 g/mol. The maximum absolute atomic E-state index is 10.6. The van der Waals surface area contributed by atoms with Gasteiger partial charge in [-0.2, -0.15) is 0 Å². The lowest BCUT2D eigenvalue weighted by Gasteiger charge is -2.36. The van der Waals surface area contributed by atoms with Gasteiger partial charge in [-0.1, -0.05) is 54.6 Å². The molecule has 0 bridgehead atoms. The van der Waals surface area contributed by atoms with Crippen molar-refractivity contribution in [2.45, 2.75) is 6.10 Å². The van der Waals surface area contributed by atoms with Gasteiger partial charge in [0.1, 0.15) is 24.3 Å². The minimum Gasteiger partial charge on any atom is -0.491 e. The first-order valence-corrected chi connectivity index (χ1v) is 13.5. The van der Waals surface area contributed by atoms with Crippen molar-refractivity contribution in [3.8, 4) is 28.1 Å². The maximum atomic E-state index is 10.6. The summed E-state index contributed by atoms with van der Waals surface area (Å²) in [6.45, 7) is 4.45. The van der Waals surface area contributed by atoms with Gasteiger partial charge < -0.3 is 14.7 Å². The highest BCUT2D eigenvalue weighted by molar-refractivity contribution is 5.96. The van der Waals surface area contributed by atoms with Gasteiger partial charge in [0.05, 0.1) is 11.2 Å². The number of β-amino-alcohol motifs (C(OH)–C–C–N with tert-alkyl or cyclic N) is 1. The van der Waals surface area contributed by atoms with E-state index < -0.39 is 6.10 Å². The van der Waals surface area contributed by atoms with Gasteiger partial charge in [-0.15, -0.1) is 0 Å². The molecule has 6 heteroatoms. The second kappa shape index (κ2) is 11.6. The third-order valence-corrected chi connectivity index (χ3v) is 7.21. The number of pyridine rings is 2. The fourth-order valence-corrected chi connectivity index (χ4v) is 5.15. The Hall–Kier alpha value is -4.26. The van der Waals surface area contributed by atoms with Gasteiger partial charge in [-0.25, -0.2) is 9.97 Å². The summed E-state index contributed by atoms with van der Waals surface area (Å²) < 4.78 is 5.94. The Morgan fingerprint density at radius 3 is 2.28 bits per heavy atom. The van der Waals surface area contributed by atoms with E-state index in [2.05, 4.69) is 63.3 Å². The van der Waals surface area contributed by atoms with Gasteiger partial charge in [0.15, 0.2) is 0 Å². The molecule has 3 heterocycles. The van der Waals surface area contributed by atoms with Crippen LogP contribution < -0.4 is 9.64 Å². The summed E-state index contributed by atoms with van der Waals surface area (Å²) in [7, 11) is 0. The van der Waals surface area contributed by atoms with E-state index in [1.54, 1.807) is 0 Å². The molecule has 1 aliphatic rings. The van der Waals surface area contributed by atoms with Gasteiger partial charge in [0.25, 0.3) is 0 Å². The molecule has 196 valence electrons. The van der Waals surface area contributed by atoms with Crippen LogP contribution in [0.1, 0.15) is 0 Å². The lowest BCUT2D eigenvalue weighted by atomic mass is 9.98. The number of hydrogen-bond donors (Lipinski definition) is 1. The predicted octanol–water partition coefficient (Wildman–Crippen LogP) is 5.53. The Balaban J connectivity index is 1.07. The Kier molecular flexibility index (Phi) is 7.47. The molecule has 0 saturated carbocycles. The van der Waals surface area contributed by atoms with E-state index in [1.165, 1.54) is 11.1 Å². The molecule has 1 saturated heterocycles. The number of para-hydroxylation sites is 1. The van der Waals surface area contributed by atoms with Crippen molar-refractivity contribution in [2.75, 3.05) is 44.2 Å². The average Bonchev–Trinajstić information content (AvgIpc) is 3.01. The van der Waals surface area contributed by atoms with Gasteiger partial charge in [-0.3, -0.25) is 4.90 Å². The van der Waals surface area contributed by atoms with Crippen LogP contribution in [0.15, 0.2) is 109 Å². The largest absolute Gasteiger partial charge is 0.491 e. The van der Waals surface area contributed by atoms with Crippen LogP contribution in [0, 0.1) is 0 Å². The molecular weight excluding hydrogens is 484 g/mol. The van der Waals surface area contributed by atoms with Gasteiger partial charge in [-0.05, 0) is 59.7 Å². The fourth-order valence-electron chi connectivity index (χ4n) is 5.15. The summed E-state index contributed by atoms with van der Waals surface area (Å²) in [6.07, 6.45) is 1.27. The molecule has 0 aliphatic carbocycles. The maximum Gasteiger partial charge on any atom is 0.128 e. The number of hydrogen-bond acceptors (Lipinski definition) is 6. The highest BCUT2D eigenvalue weighted by Crippen LogP contribution is 2.32. The van der Waals surface area contributed by atoms with E-state index in [0.717, 1.165) is 59.9 Å². The zero-order valence-electron chi connectivity index (χ0n) is 21.9. The summed E-state index contributed by atoms with van der Waals surface area (Å²) in [4.78, 5) is 13.9. The number of benzene rings is 3. The smallest absolute Gasteiger partial charge is 0.128 e. The van der Waals surface area contributed by atoms with E-state index in [4.69, 9.17) is 9.72 Å². The third-order valence-electron chi connectivity index (χ3n) is 7.21. The van der Waals surface area contributed by atoms with Crippen LogP contribution in [0.3, 0.4) is 0 Å². The van der Waals surface area contributed by atoms with Crippen LogP contribution in [0.5, 0.6) is 5.75 Å². The first-order valence-electron chi connectivity index (χ1n) is 13.5. The number of aliphatic hydroxyl groups excluding tert-OH is 1. The number of aliphatic hydroxyl groups is 1. The molecule has 6 nitrogen and oxygen atoms in total. The number of fused-ring (bicyclic) bond motifs is 1. The second-order valence-corrected chi connectivity index (χ2v) is 9.90. The van der Waals surface area contributed by atoms with E-state index in [1.807, 2.05) is 60.8 Å². The molecule has 1 unspecified atom stereocenters. The summed E-state index contributed by atoms with van der Waals surface area (Å²) >= 11 is 0. The van der Waals surface area contributed by atoms with Crippen LogP contribution in [0.4, 0.5) is 5.82 Å². The number of rotatable bonds is 8. The van der Waals surface area contributed by atoms with Gasteiger partial charge >= 0.3 is 0 Å². The van der Waals surface area contributed by atoms with Crippen molar-refractivity contribution in [3.63, 3.8) is 0 Å². The van der Waals surface area contributed by atoms with Crippen LogP contribution >= 0.6 is 0 Å². The molecule has 1 N–H and O–H groups in total. The zero-order valence-corrected chi connectivity index (χ0v) is 21.9. The molecule has 39 heavy (non-hydrogen) atoms. The van der Waals surface area contributed by atoms with Crippen molar-refractivity contribution in [3.05, 3.63) is 109 Å². The molecule has 3 aromatic carbocycles. The topological polar surface area (TPSA) is 61.7 Å². The quantitative estimate of drug-likeness (QED) is 0.293. The second-order valence-electron chi connectivity index (χ2n) is 9.90. The summed E-state index contributed by atoms with van der Waals surface area (Å²) in [5, 5.41) is 11.8. The first-order chi connectivity index (χ1) is 19.2. The van der Waals surface area contributed by atoms with Gasteiger partial charge in [0, 0.05) is 49.9 Å². The highest BCUT2D eigenvalue weighted by Gasteiger charge is 2.20. The number of nitrogens with zero attached hydrogens (tertiary/aromatic N) is 4. The predicted molar refractivity (Wildman–Crippen MR) is 157 cm³/mol. The highest BCUT2D eigenvalue weighted by atomic mass is 16.5. The lowest BCUT2D eigenvalue weighted by molar-refractivity contribution is 0.0662. The van der Waals surface area contributed by atoms with E-state index >= 15 is 0 Å². The Bertz CT molecular complexity index is 1500. The number of piperazine rings is 1. The van der Waals surface area contributed by atoms with Gasteiger partial charge in [0.2, 0.25) is 0 Å². The molecule has 1 atom stereocenters. The Morgan fingerprint density at radius 2 is 1.51 bits per heavy atom. The van der Waals surface area contributed by atoms with Crippen molar-refractivity contribution >= 4 is 16.7 Å². The van der Waals surface area contributed by atoms with Crippen molar-refractivity contribution in [2.24, 2.45) is 0 Å². The lowest BCUT2D eigenvalue weighted by Crippen LogP contribution is -2.49. The van der Waals surface area contributed by atoms with Crippen LogP contribution in [-0.2, 0) is 0 Å². The molecule has 2 aromatic heterocycles.